The summed E-state index contributed by atoms with van der Waals surface area (Å²) < 4.78 is 0. The lowest BCUT2D eigenvalue weighted by Gasteiger charge is -2.05. The van der Waals surface area contributed by atoms with Gasteiger partial charge in [-0.1, -0.05) is 6.07 Å². The van der Waals surface area contributed by atoms with Gasteiger partial charge >= 0.3 is 0 Å². The van der Waals surface area contributed by atoms with E-state index in [1.165, 1.54) is 0 Å². The average Bonchev–Trinajstić information content (AvgIpc) is 2.43. The predicted octanol–water partition coefficient (Wildman–Crippen LogP) is 0.421. The van der Waals surface area contributed by atoms with Crippen molar-refractivity contribution in [2.24, 2.45) is 5.84 Å². The van der Waals surface area contributed by atoms with Crippen LogP contribution in [-0.2, 0) is 0 Å². The maximum atomic E-state index is 11.9. The number of aryl methyl sites for hydroxylation is 2. The Hall–Kier alpha value is -2.61. The molecule has 2 aromatic rings. The molecule has 2 rings (SSSR count). The van der Waals surface area contributed by atoms with Gasteiger partial charge in [0, 0.05) is 0 Å². The predicted molar refractivity (Wildman–Crippen MR) is 69.3 cm³/mol. The second-order valence-electron chi connectivity index (χ2n) is 3.81. The van der Waals surface area contributed by atoms with Crippen molar-refractivity contribution in [2.75, 3.05) is 10.7 Å². The van der Waals surface area contributed by atoms with Crippen LogP contribution >= 0.6 is 0 Å². The number of nitrogen functional groups attached to an aromatic ring is 1. The molecule has 1 amide bonds. The van der Waals surface area contributed by atoms with E-state index in [0.717, 1.165) is 0 Å². The number of carbonyl (C=O) groups is 1. The molecular formula is C11H13N7O. The van der Waals surface area contributed by atoms with Crippen LogP contribution in [0.1, 0.15) is 21.9 Å². The minimum atomic E-state index is -0.429. The number of anilines is 2. The number of rotatable bonds is 3. The fraction of sp³-hybridized carbons (Fsp3) is 0.182. The third-order valence-electron chi connectivity index (χ3n) is 2.45. The first kappa shape index (κ1) is 12.8. The van der Waals surface area contributed by atoms with Gasteiger partial charge in [-0.2, -0.15) is 5.10 Å². The lowest BCUT2D eigenvalue weighted by Crippen LogP contribution is -2.18. The molecule has 2 heterocycles. The molecule has 0 saturated carbocycles. The van der Waals surface area contributed by atoms with E-state index in [1.807, 2.05) is 0 Å². The van der Waals surface area contributed by atoms with Crippen LogP contribution in [0.15, 0.2) is 18.2 Å². The summed E-state index contributed by atoms with van der Waals surface area (Å²) in [7, 11) is 0. The highest BCUT2D eigenvalue weighted by Crippen LogP contribution is 2.06. The van der Waals surface area contributed by atoms with Gasteiger partial charge in [-0.3, -0.25) is 10.1 Å². The van der Waals surface area contributed by atoms with Crippen LogP contribution in [-0.4, -0.2) is 26.1 Å². The van der Waals surface area contributed by atoms with E-state index in [9.17, 15) is 4.79 Å². The average molecular weight is 259 g/mol. The maximum Gasteiger partial charge on any atom is 0.276 e. The summed E-state index contributed by atoms with van der Waals surface area (Å²) in [5.41, 5.74) is 3.99. The van der Waals surface area contributed by atoms with Crippen LogP contribution in [0.25, 0.3) is 0 Å². The van der Waals surface area contributed by atoms with Gasteiger partial charge in [0.05, 0.1) is 11.4 Å². The molecule has 0 radical (unpaired) electrons. The molecule has 2 aromatic heterocycles. The first-order valence-electron chi connectivity index (χ1n) is 5.53. The van der Waals surface area contributed by atoms with Crippen molar-refractivity contribution < 1.29 is 4.79 Å². The van der Waals surface area contributed by atoms with Crippen molar-refractivity contribution in [1.29, 1.82) is 0 Å². The Balaban J connectivity index is 2.18. The molecule has 0 unspecified atom stereocenters. The standard InChI is InChI=1S/C11H13N7O/c1-6-7(2)17-18-11(13-6)15-10(19)8-4-3-5-9(14-8)16-12/h3-5H,12H2,1-2H3,(H,14,16)(H,13,15,18,19). The highest BCUT2D eigenvalue weighted by atomic mass is 16.2. The second-order valence-corrected chi connectivity index (χ2v) is 3.81. The molecular weight excluding hydrogens is 246 g/mol. The van der Waals surface area contributed by atoms with Crippen molar-refractivity contribution in [2.45, 2.75) is 13.8 Å². The van der Waals surface area contributed by atoms with Crippen LogP contribution in [0.4, 0.5) is 11.8 Å². The first-order chi connectivity index (χ1) is 9.10. The van der Waals surface area contributed by atoms with E-state index in [1.54, 1.807) is 32.0 Å². The molecule has 0 saturated heterocycles. The number of hydrazine groups is 1. The molecule has 0 bridgehead atoms. The van der Waals surface area contributed by atoms with E-state index < -0.39 is 5.91 Å². The Morgan fingerprint density at radius 1 is 1.16 bits per heavy atom. The number of hydrogen-bond acceptors (Lipinski definition) is 7. The Morgan fingerprint density at radius 2 is 1.95 bits per heavy atom. The first-order valence-corrected chi connectivity index (χ1v) is 5.53. The second kappa shape index (κ2) is 5.36. The number of carbonyl (C=O) groups excluding carboxylic acids is 1. The summed E-state index contributed by atoms with van der Waals surface area (Å²) >= 11 is 0. The number of hydrogen-bond donors (Lipinski definition) is 3. The summed E-state index contributed by atoms with van der Waals surface area (Å²) in [6.07, 6.45) is 0. The van der Waals surface area contributed by atoms with Gasteiger partial charge in [0.15, 0.2) is 0 Å². The highest BCUT2D eigenvalue weighted by molar-refractivity contribution is 6.02. The number of nitrogens with zero attached hydrogens (tertiary/aromatic N) is 4. The van der Waals surface area contributed by atoms with Crippen molar-refractivity contribution in [3.05, 3.63) is 35.3 Å². The minimum absolute atomic E-state index is 0.140. The van der Waals surface area contributed by atoms with E-state index in [2.05, 4.69) is 30.9 Å². The molecule has 0 atom stereocenters. The van der Waals surface area contributed by atoms with Crippen LogP contribution in [0.2, 0.25) is 0 Å². The highest BCUT2D eigenvalue weighted by Gasteiger charge is 2.10. The topological polar surface area (TPSA) is 119 Å². The molecule has 8 heteroatoms. The van der Waals surface area contributed by atoms with Gasteiger partial charge < -0.3 is 5.43 Å². The smallest absolute Gasteiger partial charge is 0.276 e. The van der Waals surface area contributed by atoms with E-state index in [0.29, 0.717) is 17.2 Å². The number of amides is 1. The molecule has 98 valence electrons. The summed E-state index contributed by atoms with van der Waals surface area (Å²) in [6.45, 7) is 3.58. The molecule has 0 aliphatic rings. The molecule has 0 fully saturated rings. The lowest BCUT2D eigenvalue weighted by molar-refractivity contribution is 0.102. The van der Waals surface area contributed by atoms with E-state index in [-0.39, 0.29) is 11.6 Å². The van der Waals surface area contributed by atoms with Crippen LogP contribution in [0.3, 0.4) is 0 Å². The molecule has 19 heavy (non-hydrogen) atoms. The zero-order valence-electron chi connectivity index (χ0n) is 10.5. The molecule has 0 aliphatic carbocycles. The Labute approximate surface area is 109 Å². The van der Waals surface area contributed by atoms with E-state index >= 15 is 0 Å². The van der Waals surface area contributed by atoms with Gasteiger partial charge in [0.2, 0.25) is 5.95 Å². The van der Waals surface area contributed by atoms with Crippen LogP contribution in [0.5, 0.6) is 0 Å². The Morgan fingerprint density at radius 3 is 2.63 bits per heavy atom. The molecule has 0 spiro atoms. The summed E-state index contributed by atoms with van der Waals surface area (Å²) in [6, 6.07) is 4.87. The van der Waals surface area contributed by atoms with Gasteiger partial charge in [-0.05, 0) is 26.0 Å². The molecule has 4 N–H and O–H groups in total. The maximum absolute atomic E-state index is 11.9. The fourth-order valence-corrected chi connectivity index (χ4v) is 1.32. The number of aromatic nitrogens is 4. The Kier molecular flexibility index (Phi) is 3.62. The van der Waals surface area contributed by atoms with Crippen molar-refractivity contribution in [3.8, 4) is 0 Å². The lowest BCUT2D eigenvalue weighted by atomic mass is 10.3. The van der Waals surface area contributed by atoms with Crippen molar-refractivity contribution in [1.82, 2.24) is 20.2 Å². The molecule has 0 aromatic carbocycles. The quantitative estimate of drug-likeness (QED) is 0.540. The zero-order valence-corrected chi connectivity index (χ0v) is 10.5. The summed E-state index contributed by atoms with van der Waals surface area (Å²) in [5.74, 6) is 5.34. The van der Waals surface area contributed by atoms with Crippen LogP contribution < -0.4 is 16.6 Å². The number of nitrogens with two attached hydrogens (primary N) is 1. The fourth-order valence-electron chi connectivity index (χ4n) is 1.32. The number of nitrogens with one attached hydrogen (secondary N) is 2. The minimum Gasteiger partial charge on any atom is -0.308 e. The van der Waals surface area contributed by atoms with E-state index in [4.69, 9.17) is 5.84 Å². The van der Waals surface area contributed by atoms with Gasteiger partial charge in [-0.25, -0.2) is 15.8 Å². The molecule has 8 nitrogen and oxygen atoms in total. The van der Waals surface area contributed by atoms with Crippen molar-refractivity contribution in [3.63, 3.8) is 0 Å². The van der Waals surface area contributed by atoms with Gasteiger partial charge in [0.25, 0.3) is 5.91 Å². The zero-order chi connectivity index (χ0) is 13.8. The SMILES string of the molecule is Cc1nnc(NC(=O)c2cccc(NN)n2)nc1C. The normalized spacial score (nSPS) is 10.1. The summed E-state index contributed by atoms with van der Waals surface area (Å²) in [4.78, 5) is 20.0. The third kappa shape index (κ3) is 2.99. The Bertz CT molecular complexity index is 614. The van der Waals surface area contributed by atoms with Gasteiger partial charge in [0.1, 0.15) is 11.5 Å². The van der Waals surface area contributed by atoms with Gasteiger partial charge in [-0.15, -0.1) is 5.10 Å². The number of pyridine rings is 1. The largest absolute Gasteiger partial charge is 0.308 e. The summed E-state index contributed by atoms with van der Waals surface area (Å²) in [5, 5.41) is 10.2. The molecule has 0 aliphatic heterocycles. The van der Waals surface area contributed by atoms with Crippen molar-refractivity contribution >= 4 is 17.7 Å². The third-order valence-corrected chi connectivity index (χ3v) is 2.45. The monoisotopic (exact) mass is 259 g/mol. The van der Waals surface area contributed by atoms with Crippen LogP contribution in [0, 0.1) is 13.8 Å².